The number of rotatable bonds is 5. The van der Waals surface area contributed by atoms with E-state index < -0.39 is 0 Å². The molecule has 0 spiro atoms. The Morgan fingerprint density at radius 1 is 1.03 bits per heavy atom. The molecule has 6 heteroatoms. The molecule has 1 fully saturated rings. The Balaban J connectivity index is 1.26. The Hall–Kier alpha value is -2.63. The van der Waals surface area contributed by atoms with Gasteiger partial charge in [-0.25, -0.2) is 0 Å². The van der Waals surface area contributed by atoms with Crippen LogP contribution in [0.5, 0.6) is 5.75 Å². The number of ether oxygens (including phenoxy) is 1. The van der Waals surface area contributed by atoms with Gasteiger partial charge in [0.25, 0.3) is 0 Å². The molecule has 2 aliphatic rings. The first-order valence-corrected chi connectivity index (χ1v) is 11.3. The van der Waals surface area contributed by atoms with Crippen molar-refractivity contribution >= 4 is 33.6 Å². The van der Waals surface area contributed by atoms with Gasteiger partial charge in [0.2, 0.25) is 5.13 Å². The lowest BCUT2D eigenvalue weighted by Gasteiger charge is -2.34. The summed E-state index contributed by atoms with van der Waals surface area (Å²) in [6, 6.07) is 16.3. The molecule has 4 nitrogen and oxygen atoms in total. The highest BCUT2D eigenvalue weighted by Crippen LogP contribution is 2.49. The van der Waals surface area contributed by atoms with Crippen LogP contribution in [0.3, 0.4) is 0 Å². The average molecular weight is 436 g/mol. The quantitative estimate of drug-likeness (QED) is 0.472. The third kappa shape index (κ3) is 3.75. The lowest BCUT2D eigenvalue weighted by molar-refractivity contribution is 0.349. The summed E-state index contributed by atoms with van der Waals surface area (Å²) < 4.78 is 5.53. The Bertz CT molecular complexity index is 1100. The standard InChI is InChI=1S/C24H22ClN3OS/c1-29-22-7-3-2-6-21(22)17-5-4-12-28(15-17)24-27-26-23(30-24)19-13-18(14-19)16-8-10-20(25)11-9-16/h2-12,18-19H,13-15H2,1H3. The van der Waals surface area contributed by atoms with E-state index in [0.29, 0.717) is 11.8 Å². The Kier molecular flexibility index (Phi) is 5.32. The van der Waals surface area contributed by atoms with Crippen molar-refractivity contribution in [2.45, 2.75) is 24.7 Å². The predicted molar refractivity (Wildman–Crippen MR) is 124 cm³/mol. The smallest absolute Gasteiger partial charge is 0.212 e. The fourth-order valence-electron chi connectivity index (χ4n) is 4.10. The van der Waals surface area contributed by atoms with Gasteiger partial charge in [-0.3, -0.25) is 0 Å². The SMILES string of the molecule is COc1ccccc1C1=CC=CN(c2nnc(C3CC(c4ccc(Cl)cc4)C3)s2)C1. The predicted octanol–water partition coefficient (Wildman–Crippen LogP) is 6.28. The van der Waals surface area contributed by atoms with Crippen LogP contribution in [0.1, 0.15) is 40.8 Å². The third-order valence-electron chi connectivity index (χ3n) is 5.86. The molecule has 0 bridgehead atoms. The van der Waals surface area contributed by atoms with Crippen molar-refractivity contribution in [3.63, 3.8) is 0 Å². The molecule has 1 aliphatic carbocycles. The van der Waals surface area contributed by atoms with Crippen molar-refractivity contribution in [2.24, 2.45) is 0 Å². The molecule has 0 unspecified atom stereocenters. The molecule has 1 saturated carbocycles. The molecular weight excluding hydrogens is 414 g/mol. The third-order valence-corrected chi connectivity index (χ3v) is 7.24. The lowest BCUT2D eigenvalue weighted by Crippen LogP contribution is -2.21. The second-order valence-corrected chi connectivity index (χ2v) is 9.13. The van der Waals surface area contributed by atoms with Gasteiger partial charge >= 0.3 is 0 Å². The van der Waals surface area contributed by atoms with Crippen molar-refractivity contribution in [3.05, 3.63) is 88.0 Å². The van der Waals surface area contributed by atoms with Crippen LogP contribution in [-0.4, -0.2) is 23.9 Å². The van der Waals surface area contributed by atoms with Gasteiger partial charge in [0.05, 0.1) is 13.7 Å². The maximum absolute atomic E-state index is 6.01. The van der Waals surface area contributed by atoms with E-state index in [1.165, 1.54) is 11.1 Å². The summed E-state index contributed by atoms with van der Waals surface area (Å²) in [6.07, 6.45) is 8.52. The van der Waals surface area contributed by atoms with E-state index in [1.54, 1.807) is 18.4 Å². The maximum atomic E-state index is 6.01. The summed E-state index contributed by atoms with van der Waals surface area (Å²) in [7, 11) is 1.71. The van der Waals surface area contributed by atoms with E-state index in [4.69, 9.17) is 16.3 Å². The Morgan fingerprint density at radius 2 is 1.83 bits per heavy atom. The Labute approximate surface area is 185 Å². The molecule has 30 heavy (non-hydrogen) atoms. The van der Waals surface area contributed by atoms with Crippen LogP contribution >= 0.6 is 22.9 Å². The summed E-state index contributed by atoms with van der Waals surface area (Å²) in [6.45, 7) is 0.754. The maximum Gasteiger partial charge on any atom is 0.212 e. The molecule has 0 N–H and O–H groups in total. The zero-order valence-electron chi connectivity index (χ0n) is 16.7. The normalized spacial score (nSPS) is 20.6. The number of halogens is 1. The molecule has 2 heterocycles. The topological polar surface area (TPSA) is 38.2 Å². The van der Waals surface area contributed by atoms with Gasteiger partial charge in [0, 0.05) is 22.7 Å². The molecule has 2 aromatic carbocycles. The number of allylic oxidation sites excluding steroid dienone is 2. The zero-order chi connectivity index (χ0) is 20.5. The molecule has 0 radical (unpaired) electrons. The number of hydrogen-bond donors (Lipinski definition) is 0. The molecule has 5 rings (SSSR count). The number of benzene rings is 2. The second-order valence-electron chi connectivity index (χ2n) is 7.70. The molecule has 152 valence electrons. The molecular formula is C24H22ClN3OS. The summed E-state index contributed by atoms with van der Waals surface area (Å²) in [5, 5.41) is 11.9. The lowest BCUT2D eigenvalue weighted by atomic mass is 9.72. The van der Waals surface area contributed by atoms with Gasteiger partial charge in [-0.05, 0) is 54.2 Å². The largest absolute Gasteiger partial charge is 0.496 e. The van der Waals surface area contributed by atoms with Gasteiger partial charge in [-0.15, -0.1) is 10.2 Å². The van der Waals surface area contributed by atoms with Crippen molar-refractivity contribution < 1.29 is 4.74 Å². The molecule has 0 atom stereocenters. The highest BCUT2D eigenvalue weighted by molar-refractivity contribution is 7.15. The number of aromatic nitrogens is 2. The van der Waals surface area contributed by atoms with E-state index in [2.05, 4.69) is 51.6 Å². The first kappa shape index (κ1) is 19.3. The molecule has 1 aliphatic heterocycles. The highest BCUT2D eigenvalue weighted by atomic mass is 35.5. The minimum atomic E-state index is 0.495. The number of hydrogen-bond acceptors (Lipinski definition) is 5. The van der Waals surface area contributed by atoms with Crippen molar-refractivity contribution in [3.8, 4) is 5.75 Å². The number of nitrogens with zero attached hydrogens (tertiary/aromatic N) is 3. The van der Waals surface area contributed by atoms with Crippen LogP contribution in [-0.2, 0) is 0 Å². The Morgan fingerprint density at radius 3 is 2.63 bits per heavy atom. The summed E-state index contributed by atoms with van der Waals surface area (Å²) in [5.74, 6) is 1.98. The number of anilines is 1. The van der Waals surface area contributed by atoms with E-state index >= 15 is 0 Å². The first-order valence-electron chi connectivity index (χ1n) is 10.1. The van der Waals surface area contributed by atoms with E-state index in [9.17, 15) is 0 Å². The van der Waals surface area contributed by atoms with Crippen LogP contribution in [0.4, 0.5) is 5.13 Å². The zero-order valence-corrected chi connectivity index (χ0v) is 18.2. The molecule has 0 saturated heterocycles. The molecule has 3 aromatic rings. The van der Waals surface area contributed by atoms with Gasteiger partial charge in [-0.2, -0.15) is 0 Å². The van der Waals surface area contributed by atoms with Gasteiger partial charge in [-0.1, -0.05) is 59.3 Å². The molecule has 0 amide bonds. The van der Waals surface area contributed by atoms with Gasteiger partial charge in [0.1, 0.15) is 10.8 Å². The fraction of sp³-hybridized carbons (Fsp3) is 0.250. The number of para-hydroxylation sites is 1. The first-order chi connectivity index (χ1) is 14.7. The van der Waals surface area contributed by atoms with Crippen LogP contribution in [0, 0.1) is 0 Å². The summed E-state index contributed by atoms with van der Waals surface area (Å²) >= 11 is 7.71. The van der Waals surface area contributed by atoms with E-state index in [-0.39, 0.29) is 0 Å². The van der Waals surface area contributed by atoms with Crippen molar-refractivity contribution in [2.75, 3.05) is 18.6 Å². The van der Waals surface area contributed by atoms with E-state index in [0.717, 1.165) is 45.9 Å². The van der Waals surface area contributed by atoms with Gasteiger partial charge < -0.3 is 9.64 Å². The van der Waals surface area contributed by atoms with Crippen LogP contribution in [0.15, 0.2) is 66.9 Å². The summed E-state index contributed by atoms with van der Waals surface area (Å²) in [4.78, 5) is 2.16. The van der Waals surface area contributed by atoms with Crippen LogP contribution < -0.4 is 9.64 Å². The highest BCUT2D eigenvalue weighted by Gasteiger charge is 2.34. The minimum Gasteiger partial charge on any atom is -0.496 e. The van der Waals surface area contributed by atoms with Crippen molar-refractivity contribution in [1.82, 2.24) is 10.2 Å². The van der Waals surface area contributed by atoms with Crippen molar-refractivity contribution in [1.29, 1.82) is 0 Å². The van der Waals surface area contributed by atoms with E-state index in [1.807, 2.05) is 30.3 Å². The second kappa shape index (κ2) is 8.25. The van der Waals surface area contributed by atoms with Crippen LogP contribution in [0.2, 0.25) is 5.02 Å². The van der Waals surface area contributed by atoms with Crippen LogP contribution in [0.25, 0.3) is 5.57 Å². The fourth-order valence-corrected chi connectivity index (χ4v) is 5.18. The monoisotopic (exact) mass is 435 g/mol. The summed E-state index contributed by atoms with van der Waals surface area (Å²) in [5.41, 5.74) is 3.69. The average Bonchev–Trinajstić information content (AvgIpc) is 3.24. The van der Waals surface area contributed by atoms with Gasteiger partial charge in [0.15, 0.2) is 0 Å². The minimum absolute atomic E-state index is 0.495. The number of methoxy groups -OCH3 is 1. The molecule has 1 aromatic heterocycles.